The van der Waals surface area contributed by atoms with E-state index in [9.17, 15) is 8.42 Å². The Morgan fingerprint density at radius 2 is 1.75 bits per heavy atom. The molecule has 4 nitrogen and oxygen atoms in total. The molecule has 1 atom stereocenters. The average molecular weight is 325 g/mol. The van der Waals surface area contributed by atoms with E-state index in [0.717, 1.165) is 19.3 Å². The first-order chi connectivity index (χ1) is 8.81. The Kier molecular flexibility index (Phi) is 6.32. The minimum Gasteiger partial charge on any atom is -0.327 e. The number of halogens is 1. The Hall–Kier alpha value is 0.160. The molecule has 2 rings (SSSR count). The van der Waals surface area contributed by atoms with Crippen LogP contribution in [0, 0.1) is 11.3 Å². The Labute approximate surface area is 129 Å². The van der Waals surface area contributed by atoms with Crippen LogP contribution in [0.5, 0.6) is 0 Å². The molecule has 0 radical (unpaired) electrons. The van der Waals surface area contributed by atoms with Gasteiger partial charge in [0.1, 0.15) is 0 Å². The van der Waals surface area contributed by atoms with Gasteiger partial charge in [-0.3, -0.25) is 0 Å². The SMILES string of the molecule is CC1(C)CN(S(=O)(=O)CC2CCCCC2)CCC1N.Cl. The Balaban J connectivity index is 0.00000200. The zero-order valence-corrected chi connectivity index (χ0v) is 14.3. The van der Waals surface area contributed by atoms with Gasteiger partial charge in [0.15, 0.2) is 0 Å². The monoisotopic (exact) mass is 324 g/mol. The van der Waals surface area contributed by atoms with Gasteiger partial charge in [-0.2, -0.15) is 0 Å². The number of hydrogen-bond donors (Lipinski definition) is 1. The minimum absolute atomic E-state index is 0. The zero-order valence-electron chi connectivity index (χ0n) is 12.7. The summed E-state index contributed by atoms with van der Waals surface area (Å²) in [6.07, 6.45) is 6.58. The van der Waals surface area contributed by atoms with Crippen LogP contribution in [0.4, 0.5) is 0 Å². The average Bonchev–Trinajstić information content (AvgIpc) is 2.33. The summed E-state index contributed by atoms with van der Waals surface area (Å²) >= 11 is 0. The molecule has 0 bridgehead atoms. The molecule has 1 aliphatic carbocycles. The molecule has 0 aromatic carbocycles. The zero-order chi connectivity index (χ0) is 14.1. The highest BCUT2D eigenvalue weighted by Gasteiger charge is 2.38. The third-order valence-electron chi connectivity index (χ3n) is 4.84. The maximum absolute atomic E-state index is 12.5. The van der Waals surface area contributed by atoms with Gasteiger partial charge in [0.25, 0.3) is 0 Å². The fraction of sp³-hybridized carbons (Fsp3) is 1.00. The summed E-state index contributed by atoms with van der Waals surface area (Å²) in [6.45, 7) is 5.31. The highest BCUT2D eigenvalue weighted by atomic mass is 35.5. The summed E-state index contributed by atoms with van der Waals surface area (Å²) in [5.41, 5.74) is 5.97. The van der Waals surface area contributed by atoms with Crippen LogP contribution in [0.25, 0.3) is 0 Å². The quantitative estimate of drug-likeness (QED) is 0.867. The first-order valence-corrected chi connectivity index (χ1v) is 9.15. The van der Waals surface area contributed by atoms with Gasteiger partial charge in [-0.05, 0) is 30.6 Å². The van der Waals surface area contributed by atoms with Crippen molar-refractivity contribution in [3.63, 3.8) is 0 Å². The second-order valence-corrected chi connectivity index (χ2v) is 9.01. The lowest BCUT2D eigenvalue weighted by Crippen LogP contribution is -2.54. The van der Waals surface area contributed by atoms with E-state index in [1.165, 1.54) is 19.3 Å². The van der Waals surface area contributed by atoms with Gasteiger partial charge in [-0.25, -0.2) is 12.7 Å². The molecule has 1 saturated heterocycles. The van der Waals surface area contributed by atoms with E-state index in [-0.39, 0.29) is 23.9 Å². The van der Waals surface area contributed by atoms with Gasteiger partial charge < -0.3 is 5.73 Å². The summed E-state index contributed by atoms with van der Waals surface area (Å²) in [5, 5.41) is 0. The molecule has 6 heteroatoms. The van der Waals surface area contributed by atoms with E-state index in [1.807, 2.05) is 0 Å². The molecule has 0 aromatic heterocycles. The third-order valence-corrected chi connectivity index (χ3v) is 6.83. The first-order valence-electron chi connectivity index (χ1n) is 7.55. The van der Waals surface area contributed by atoms with Crippen LogP contribution < -0.4 is 5.73 Å². The standard InChI is InChI=1S/C14H28N2O2S.ClH/c1-14(2)11-16(9-8-13(14)15)19(17,18)10-12-6-4-3-5-7-12;/h12-13H,3-11,15H2,1-2H3;1H. The fourth-order valence-corrected chi connectivity index (χ4v) is 5.37. The van der Waals surface area contributed by atoms with Crippen LogP contribution >= 0.6 is 12.4 Å². The van der Waals surface area contributed by atoms with Gasteiger partial charge >= 0.3 is 0 Å². The first kappa shape index (κ1) is 18.2. The molecule has 0 spiro atoms. The van der Waals surface area contributed by atoms with Crippen LogP contribution in [0.3, 0.4) is 0 Å². The van der Waals surface area contributed by atoms with Crippen LogP contribution in [0.2, 0.25) is 0 Å². The van der Waals surface area contributed by atoms with E-state index in [2.05, 4.69) is 13.8 Å². The number of nitrogens with zero attached hydrogens (tertiary/aromatic N) is 1. The van der Waals surface area contributed by atoms with Crippen molar-refractivity contribution in [2.45, 2.75) is 58.4 Å². The molecular formula is C14H29ClN2O2S. The van der Waals surface area contributed by atoms with Crippen LogP contribution in [0.1, 0.15) is 52.4 Å². The minimum atomic E-state index is -3.10. The summed E-state index contributed by atoms with van der Waals surface area (Å²) in [4.78, 5) is 0. The summed E-state index contributed by atoms with van der Waals surface area (Å²) < 4.78 is 26.8. The highest BCUT2D eigenvalue weighted by molar-refractivity contribution is 7.89. The largest absolute Gasteiger partial charge is 0.327 e. The summed E-state index contributed by atoms with van der Waals surface area (Å²) in [6, 6.07) is 0.105. The molecule has 2 N–H and O–H groups in total. The molecule has 1 aliphatic heterocycles. The van der Waals surface area contributed by atoms with Gasteiger partial charge in [0.2, 0.25) is 10.0 Å². The third kappa shape index (κ3) is 4.33. The normalized spacial score (nSPS) is 28.9. The Morgan fingerprint density at radius 3 is 2.30 bits per heavy atom. The molecule has 1 unspecified atom stereocenters. The highest BCUT2D eigenvalue weighted by Crippen LogP contribution is 2.31. The van der Waals surface area contributed by atoms with E-state index in [1.54, 1.807) is 4.31 Å². The van der Waals surface area contributed by atoms with Crippen LogP contribution in [-0.4, -0.2) is 37.6 Å². The fourth-order valence-electron chi connectivity index (χ4n) is 3.32. The van der Waals surface area contributed by atoms with Crippen molar-refractivity contribution in [3.05, 3.63) is 0 Å². The number of rotatable bonds is 3. The number of nitrogens with two attached hydrogens (primary N) is 1. The van der Waals surface area contributed by atoms with Gasteiger partial charge in [0, 0.05) is 19.1 Å². The second kappa shape index (κ2) is 6.95. The van der Waals surface area contributed by atoms with Crippen molar-refractivity contribution >= 4 is 22.4 Å². The molecule has 0 aromatic rings. The van der Waals surface area contributed by atoms with E-state index >= 15 is 0 Å². The maximum Gasteiger partial charge on any atom is 0.214 e. The van der Waals surface area contributed by atoms with E-state index in [4.69, 9.17) is 5.73 Å². The van der Waals surface area contributed by atoms with Crippen molar-refractivity contribution in [3.8, 4) is 0 Å². The van der Waals surface area contributed by atoms with E-state index in [0.29, 0.717) is 24.8 Å². The van der Waals surface area contributed by atoms with Crippen molar-refractivity contribution in [2.24, 2.45) is 17.1 Å². The van der Waals surface area contributed by atoms with Crippen LogP contribution in [-0.2, 0) is 10.0 Å². The van der Waals surface area contributed by atoms with Crippen LogP contribution in [0.15, 0.2) is 0 Å². The lowest BCUT2D eigenvalue weighted by molar-refractivity contribution is 0.155. The molecule has 0 amide bonds. The topological polar surface area (TPSA) is 63.4 Å². The molecular weight excluding hydrogens is 296 g/mol. The molecule has 2 fully saturated rings. The molecule has 20 heavy (non-hydrogen) atoms. The van der Waals surface area contributed by atoms with Gasteiger partial charge in [0.05, 0.1) is 5.75 Å². The van der Waals surface area contributed by atoms with Crippen molar-refractivity contribution in [1.29, 1.82) is 0 Å². The predicted octanol–water partition coefficient (Wildman–Crippen LogP) is 2.38. The smallest absolute Gasteiger partial charge is 0.214 e. The molecule has 120 valence electrons. The predicted molar refractivity (Wildman–Crippen MR) is 85.6 cm³/mol. The lowest BCUT2D eigenvalue weighted by atomic mass is 9.81. The molecule has 1 saturated carbocycles. The molecule has 2 aliphatic rings. The van der Waals surface area contributed by atoms with Gasteiger partial charge in [-0.1, -0.05) is 33.1 Å². The van der Waals surface area contributed by atoms with Crippen molar-refractivity contribution in [1.82, 2.24) is 4.31 Å². The number of piperidine rings is 1. The molecule has 1 heterocycles. The lowest BCUT2D eigenvalue weighted by Gasteiger charge is -2.42. The van der Waals surface area contributed by atoms with Gasteiger partial charge in [-0.15, -0.1) is 12.4 Å². The van der Waals surface area contributed by atoms with E-state index < -0.39 is 10.0 Å². The Bertz CT molecular complexity index is 405. The number of sulfonamides is 1. The number of hydrogen-bond acceptors (Lipinski definition) is 3. The van der Waals surface area contributed by atoms with Crippen molar-refractivity contribution < 1.29 is 8.42 Å². The maximum atomic E-state index is 12.5. The summed E-state index contributed by atoms with van der Waals surface area (Å²) in [5.74, 6) is 0.718. The summed E-state index contributed by atoms with van der Waals surface area (Å²) in [7, 11) is -3.10. The Morgan fingerprint density at radius 1 is 1.15 bits per heavy atom. The second-order valence-electron chi connectivity index (χ2n) is 7.00. The van der Waals surface area contributed by atoms with Crippen molar-refractivity contribution in [2.75, 3.05) is 18.8 Å².